The molecule has 1 saturated heterocycles. The van der Waals surface area contributed by atoms with Crippen molar-refractivity contribution in [1.29, 1.82) is 0 Å². The molecule has 0 saturated carbocycles. The van der Waals surface area contributed by atoms with Crippen molar-refractivity contribution in [2.24, 2.45) is 5.92 Å². The molecule has 1 aromatic carbocycles. The lowest BCUT2D eigenvalue weighted by Gasteiger charge is -2.42. The summed E-state index contributed by atoms with van der Waals surface area (Å²) in [5, 5.41) is 3.63. The normalized spacial score (nSPS) is 27.7. The van der Waals surface area contributed by atoms with Gasteiger partial charge in [0, 0.05) is 31.4 Å². The average Bonchev–Trinajstić information content (AvgIpc) is 2.44. The molecule has 0 radical (unpaired) electrons. The second-order valence-corrected chi connectivity index (χ2v) is 5.92. The first-order valence-corrected chi connectivity index (χ1v) is 7.34. The van der Waals surface area contributed by atoms with E-state index in [2.05, 4.69) is 43.1 Å². The van der Waals surface area contributed by atoms with Gasteiger partial charge in [-0.05, 0) is 36.5 Å². The van der Waals surface area contributed by atoms with E-state index in [0.717, 1.165) is 32.8 Å². The van der Waals surface area contributed by atoms with Crippen molar-refractivity contribution in [2.45, 2.75) is 26.8 Å². The fourth-order valence-electron chi connectivity index (χ4n) is 3.41. The van der Waals surface area contributed by atoms with E-state index >= 15 is 0 Å². The molecule has 104 valence electrons. The second kappa shape index (κ2) is 5.14. The summed E-state index contributed by atoms with van der Waals surface area (Å²) >= 11 is 0. The molecule has 3 rings (SSSR count). The number of hydrogen-bond acceptors (Lipinski definition) is 3. The predicted octanol–water partition coefficient (Wildman–Crippen LogP) is 2.74. The third-order valence-electron chi connectivity index (χ3n) is 4.67. The lowest BCUT2D eigenvalue weighted by Crippen LogP contribution is -2.44. The molecule has 0 amide bonds. The molecule has 1 N–H and O–H groups in total. The zero-order valence-corrected chi connectivity index (χ0v) is 12.2. The number of fused-ring (bicyclic) bond motifs is 1. The molecule has 2 aliphatic rings. The van der Waals surface area contributed by atoms with Crippen LogP contribution in [0.4, 0.5) is 5.69 Å². The van der Waals surface area contributed by atoms with E-state index in [1.807, 2.05) is 0 Å². The number of nitrogens with zero attached hydrogens (tertiary/aromatic N) is 1. The molecule has 0 bridgehead atoms. The van der Waals surface area contributed by atoms with Crippen molar-refractivity contribution in [3.63, 3.8) is 0 Å². The molecule has 1 aromatic rings. The van der Waals surface area contributed by atoms with Crippen LogP contribution in [0, 0.1) is 19.8 Å². The highest BCUT2D eigenvalue weighted by atomic mass is 16.5. The Morgan fingerprint density at radius 1 is 1.21 bits per heavy atom. The number of nitrogens with one attached hydrogen (secondary N) is 1. The number of morpholine rings is 1. The topological polar surface area (TPSA) is 24.5 Å². The van der Waals surface area contributed by atoms with E-state index < -0.39 is 0 Å². The van der Waals surface area contributed by atoms with Crippen molar-refractivity contribution < 1.29 is 4.74 Å². The van der Waals surface area contributed by atoms with Crippen LogP contribution in [0.25, 0.3) is 0 Å². The maximum Gasteiger partial charge on any atom is 0.0594 e. The second-order valence-electron chi connectivity index (χ2n) is 5.92. The van der Waals surface area contributed by atoms with Crippen molar-refractivity contribution in [3.8, 4) is 0 Å². The van der Waals surface area contributed by atoms with Gasteiger partial charge in [-0.3, -0.25) is 4.90 Å². The highest BCUT2D eigenvalue weighted by molar-refractivity contribution is 5.62. The maximum absolute atomic E-state index is 5.50. The molecule has 19 heavy (non-hydrogen) atoms. The molecule has 2 aliphatic heterocycles. The van der Waals surface area contributed by atoms with Gasteiger partial charge in [-0.2, -0.15) is 0 Å². The smallest absolute Gasteiger partial charge is 0.0594 e. The largest absolute Gasteiger partial charge is 0.384 e. The third kappa shape index (κ3) is 2.26. The van der Waals surface area contributed by atoms with Crippen molar-refractivity contribution in [3.05, 3.63) is 28.8 Å². The van der Waals surface area contributed by atoms with Gasteiger partial charge in [0.25, 0.3) is 0 Å². The van der Waals surface area contributed by atoms with Crippen LogP contribution in [0.2, 0.25) is 0 Å². The monoisotopic (exact) mass is 260 g/mol. The lowest BCUT2D eigenvalue weighted by molar-refractivity contribution is 0.00418. The summed E-state index contributed by atoms with van der Waals surface area (Å²) in [7, 11) is 0. The van der Waals surface area contributed by atoms with Gasteiger partial charge in [0.15, 0.2) is 0 Å². The third-order valence-corrected chi connectivity index (χ3v) is 4.67. The minimum absolute atomic E-state index is 0.541. The summed E-state index contributed by atoms with van der Waals surface area (Å²) in [6, 6.07) is 5.13. The number of rotatable bonds is 1. The Bertz CT molecular complexity index is 466. The minimum Gasteiger partial charge on any atom is -0.384 e. The maximum atomic E-state index is 5.50. The first-order valence-electron chi connectivity index (χ1n) is 7.34. The molecule has 3 heteroatoms. The van der Waals surface area contributed by atoms with Crippen LogP contribution in [0.1, 0.15) is 29.7 Å². The van der Waals surface area contributed by atoms with Gasteiger partial charge in [0.05, 0.1) is 13.2 Å². The van der Waals surface area contributed by atoms with Crippen LogP contribution in [0.3, 0.4) is 0 Å². The van der Waals surface area contributed by atoms with Gasteiger partial charge < -0.3 is 10.1 Å². The van der Waals surface area contributed by atoms with Gasteiger partial charge in [-0.1, -0.05) is 19.1 Å². The number of anilines is 1. The van der Waals surface area contributed by atoms with E-state index in [0.29, 0.717) is 12.0 Å². The van der Waals surface area contributed by atoms with E-state index in [1.54, 1.807) is 0 Å². The molecule has 0 spiro atoms. The van der Waals surface area contributed by atoms with Gasteiger partial charge in [-0.25, -0.2) is 0 Å². The number of aryl methyl sites for hydroxylation is 1. The fraction of sp³-hybridized carbons (Fsp3) is 0.625. The van der Waals surface area contributed by atoms with E-state index in [-0.39, 0.29) is 0 Å². The van der Waals surface area contributed by atoms with E-state index in [4.69, 9.17) is 4.74 Å². The SMILES string of the molecule is Cc1ccc2c(c1C)NCC(C)C2N1CCOCC1. The molecule has 1 fully saturated rings. The summed E-state index contributed by atoms with van der Waals surface area (Å²) < 4.78 is 5.50. The molecule has 2 heterocycles. The van der Waals surface area contributed by atoms with Crippen LogP contribution in [0.5, 0.6) is 0 Å². The lowest BCUT2D eigenvalue weighted by atomic mass is 9.85. The van der Waals surface area contributed by atoms with Gasteiger partial charge in [0.2, 0.25) is 0 Å². The van der Waals surface area contributed by atoms with E-state index in [9.17, 15) is 0 Å². The Hall–Kier alpha value is -1.06. The highest BCUT2D eigenvalue weighted by Gasteiger charge is 2.32. The molecule has 0 aromatic heterocycles. The molecule has 0 aliphatic carbocycles. The first-order chi connectivity index (χ1) is 9.18. The zero-order valence-electron chi connectivity index (χ0n) is 12.2. The predicted molar refractivity (Wildman–Crippen MR) is 78.7 cm³/mol. The zero-order chi connectivity index (χ0) is 13.4. The van der Waals surface area contributed by atoms with Gasteiger partial charge >= 0.3 is 0 Å². The Balaban J connectivity index is 1.99. The molecule has 2 atom stereocenters. The van der Waals surface area contributed by atoms with Crippen molar-refractivity contribution in [2.75, 3.05) is 38.2 Å². The Kier molecular flexibility index (Phi) is 3.50. The summed E-state index contributed by atoms with van der Waals surface area (Å²) in [5.74, 6) is 0.646. The number of ether oxygens (including phenoxy) is 1. The summed E-state index contributed by atoms with van der Waals surface area (Å²) in [5.41, 5.74) is 5.63. The first kappa shape index (κ1) is 12.9. The summed E-state index contributed by atoms with van der Waals surface area (Å²) in [4.78, 5) is 2.60. The Morgan fingerprint density at radius 3 is 2.68 bits per heavy atom. The van der Waals surface area contributed by atoms with Gasteiger partial charge in [-0.15, -0.1) is 0 Å². The number of benzene rings is 1. The summed E-state index contributed by atoms with van der Waals surface area (Å²) in [6.45, 7) is 11.7. The van der Waals surface area contributed by atoms with Crippen LogP contribution in [0.15, 0.2) is 12.1 Å². The van der Waals surface area contributed by atoms with Crippen LogP contribution in [-0.4, -0.2) is 37.7 Å². The van der Waals surface area contributed by atoms with Crippen molar-refractivity contribution in [1.82, 2.24) is 4.90 Å². The quantitative estimate of drug-likeness (QED) is 0.840. The molecule has 3 nitrogen and oxygen atoms in total. The Morgan fingerprint density at radius 2 is 1.95 bits per heavy atom. The van der Waals surface area contributed by atoms with E-state index in [1.165, 1.54) is 22.4 Å². The molecular weight excluding hydrogens is 236 g/mol. The van der Waals surface area contributed by atoms with Crippen LogP contribution < -0.4 is 5.32 Å². The molecule has 2 unspecified atom stereocenters. The van der Waals surface area contributed by atoms with Gasteiger partial charge in [0.1, 0.15) is 0 Å². The molecular formula is C16H24N2O. The highest BCUT2D eigenvalue weighted by Crippen LogP contribution is 2.40. The standard InChI is InChI=1S/C16H24N2O/c1-11-4-5-14-15(13(11)3)17-10-12(2)16(14)18-6-8-19-9-7-18/h4-5,12,16-17H,6-10H2,1-3H3. The van der Waals surface area contributed by atoms with Crippen molar-refractivity contribution >= 4 is 5.69 Å². The minimum atomic E-state index is 0.541. The number of hydrogen-bond donors (Lipinski definition) is 1. The fourth-order valence-corrected chi connectivity index (χ4v) is 3.41. The summed E-state index contributed by atoms with van der Waals surface area (Å²) in [6.07, 6.45) is 0. The van der Waals surface area contributed by atoms with Crippen LogP contribution >= 0.6 is 0 Å². The van der Waals surface area contributed by atoms with Crippen LogP contribution in [-0.2, 0) is 4.74 Å². The average molecular weight is 260 g/mol. The Labute approximate surface area is 115 Å².